The van der Waals surface area contributed by atoms with Crippen molar-refractivity contribution in [1.82, 2.24) is 10.2 Å². The molecule has 0 unspecified atom stereocenters. The molecular formula is C11H14N2O4. The third kappa shape index (κ3) is 2.85. The molecule has 0 bridgehead atoms. The maximum Gasteiger partial charge on any atom is 0.339 e. The van der Waals surface area contributed by atoms with Gasteiger partial charge in [0.05, 0.1) is 12.8 Å². The first-order valence-electron chi connectivity index (χ1n) is 5.45. The van der Waals surface area contributed by atoms with Crippen molar-refractivity contribution in [3.63, 3.8) is 0 Å². The lowest BCUT2D eigenvalue weighted by Gasteiger charge is -2.17. The minimum Gasteiger partial charge on any atom is -0.478 e. The van der Waals surface area contributed by atoms with Gasteiger partial charge in [0.1, 0.15) is 11.3 Å². The molecule has 2 heterocycles. The summed E-state index contributed by atoms with van der Waals surface area (Å²) in [4.78, 5) is 24.1. The summed E-state index contributed by atoms with van der Waals surface area (Å²) < 4.78 is 5.17. The lowest BCUT2D eigenvalue weighted by atomic mass is 10.2. The van der Waals surface area contributed by atoms with Crippen LogP contribution in [0.4, 0.5) is 0 Å². The summed E-state index contributed by atoms with van der Waals surface area (Å²) in [5.74, 6) is -0.518. The largest absolute Gasteiger partial charge is 0.478 e. The Morgan fingerprint density at radius 3 is 3.12 bits per heavy atom. The fourth-order valence-electron chi connectivity index (χ4n) is 1.83. The van der Waals surface area contributed by atoms with E-state index in [9.17, 15) is 9.59 Å². The third-order valence-corrected chi connectivity index (χ3v) is 2.75. The number of carboxylic acid groups (broad SMARTS) is 1. The van der Waals surface area contributed by atoms with Crippen LogP contribution in [-0.2, 0) is 11.3 Å². The molecule has 2 rings (SSSR count). The van der Waals surface area contributed by atoms with Crippen molar-refractivity contribution in [2.75, 3.05) is 19.6 Å². The fraction of sp³-hybridized carbons (Fsp3) is 0.455. The van der Waals surface area contributed by atoms with Gasteiger partial charge in [0.2, 0.25) is 5.91 Å². The molecule has 6 heteroatoms. The molecule has 2 N–H and O–H groups in total. The second-order valence-electron chi connectivity index (χ2n) is 3.94. The van der Waals surface area contributed by atoms with E-state index in [1.807, 2.05) is 4.90 Å². The van der Waals surface area contributed by atoms with Gasteiger partial charge in [-0.2, -0.15) is 0 Å². The van der Waals surface area contributed by atoms with Gasteiger partial charge < -0.3 is 14.8 Å². The van der Waals surface area contributed by atoms with Crippen molar-refractivity contribution in [3.8, 4) is 0 Å². The lowest BCUT2D eigenvalue weighted by Crippen LogP contribution is -2.28. The molecule has 0 atom stereocenters. The number of carboxylic acids is 1. The van der Waals surface area contributed by atoms with Crippen LogP contribution in [0.2, 0.25) is 0 Å². The summed E-state index contributed by atoms with van der Waals surface area (Å²) in [6, 6.07) is 1.44. The summed E-state index contributed by atoms with van der Waals surface area (Å²) in [7, 11) is 0. The predicted molar refractivity (Wildman–Crippen MR) is 58.6 cm³/mol. The van der Waals surface area contributed by atoms with Crippen molar-refractivity contribution in [2.45, 2.75) is 13.0 Å². The third-order valence-electron chi connectivity index (χ3n) is 2.75. The zero-order chi connectivity index (χ0) is 12.3. The number of amides is 1. The first-order valence-corrected chi connectivity index (χ1v) is 5.45. The highest BCUT2D eigenvalue weighted by molar-refractivity contribution is 5.88. The summed E-state index contributed by atoms with van der Waals surface area (Å²) in [5.41, 5.74) is 0.188. The van der Waals surface area contributed by atoms with Gasteiger partial charge in [0.25, 0.3) is 0 Å². The van der Waals surface area contributed by atoms with Crippen LogP contribution in [0.3, 0.4) is 0 Å². The molecule has 1 aromatic heterocycles. The average molecular weight is 238 g/mol. The minimum absolute atomic E-state index is 0.0328. The lowest BCUT2D eigenvalue weighted by molar-refractivity contribution is -0.120. The number of carbonyl (C=O) groups excluding carboxylic acids is 1. The molecule has 0 aromatic carbocycles. The van der Waals surface area contributed by atoms with E-state index in [4.69, 9.17) is 9.52 Å². The second kappa shape index (κ2) is 5.01. The van der Waals surface area contributed by atoms with Crippen molar-refractivity contribution >= 4 is 11.9 Å². The van der Waals surface area contributed by atoms with E-state index < -0.39 is 5.97 Å². The van der Waals surface area contributed by atoms with Gasteiger partial charge in [-0.3, -0.25) is 9.69 Å². The van der Waals surface area contributed by atoms with Crippen molar-refractivity contribution in [1.29, 1.82) is 0 Å². The summed E-state index contributed by atoms with van der Waals surface area (Å²) >= 11 is 0. The van der Waals surface area contributed by atoms with Crippen LogP contribution in [0.15, 0.2) is 16.7 Å². The molecule has 0 radical (unpaired) electrons. The molecule has 1 aliphatic heterocycles. The summed E-state index contributed by atoms with van der Waals surface area (Å²) in [6.45, 7) is 2.32. The van der Waals surface area contributed by atoms with Crippen LogP contribution in [0, 0.1) is 0 Å². The monoisotopic (exact) mass is 238 g/mol. The van der Waals surface area contributed by atoms with Gasteiger partial charge in [-0.25, -0.2) is 4.79 Å². The Morgan fingerprint density at radius 1 is 1.53 bits per heavy atom. The number of aromatic carboxylic acids is 1. The first kappa shape index (κ1) is 11.7. The van der Waals surface area contributed by atoms with Crippen molar-refractivity contribution < 1.29 is 19.1 Å². The van der Waals surface area contributed by atoms with Crippen molar-refractivity contribution in [2.24, 2.45) is 0 Å². The van der Waals surface area contributed by atoms with E-state index in [1.165, 1.54) is 12.3 Å². The fourth-order valence-corrected chi connectivity index (χ4v) is 1.83. The molecule has 0 saturated carbocycles. The standard InChI is InChI=1S/C11H14N2O4/c14-10-1-4-13(5-3-12-10)7-9-8(11(15)16)2-6-17-9/h2,6H,1,3-5,7H2,(H,12,14)(H,15,16). The van der Waals surface area contributed by atoms with Gasteiger partial charge in [0, 0.05) is 26.1 Å². The van der Waals surface area contributed by atoms with Crippen LogP contribution in [0.1, 0.15) is 22.5 Å². The molecular weight excluding hydrogens is 224 g/mol. The first-order chi connectivity index (χ1) is 8.16. The number of nitrogens with one attached hydrogen (secondary N) is 1. The van der Waals surface area contributed by atoms with E-state index in [0.717, 1.165) is 0 Å². The minimum atomic E-state index is -0.988. The smallest absolute Gasteiger partial charge is 0.339 e. The molecule has 1 amide bonds. The van der Waals surface area contributed by atoms with E-state index >= 15 is 0 Å². The zero-order valence-electron chi connectivity index (χ0n) is 9.31. The Kier molecular flexibility index (Phi) is 3.43. The highest BCUT2D eigenvalue weighted by Crippen LogP contribution is 2.14. The Morgan fingerprint density at radius 2 is 2.35 bits per heavy atom. The SMILES string of the molecule is O=C1CCN(Cc2occc2C(=O)O)CCN1. The molecule has 1 saturated heterocycles. The van der Waals surface area contributed by atoms with E-state index in [-0.39, 0.29) is 11.5 Å². The summed E-state index contributed by atoms with van der Waals surface area (Å²) in [5, 5.41) is 11.7. The topological polar surface area (TPSA) is 82.8 Å². The molecule has 6 nitrogen and oxygen atoms in total. The number of rotatable bonds is 3. The molecule has 17 heavy (non-hydrogen) atoms. The molecule has 92 valence electrons. The number of hydrogen-bond donors (Lipinski definition) is 2. The van der Waals surface area contributed by atoms with E-state index in [1.54, 1.807) is 0 Å². The molecule has 1 aliphatic rings. The molecule has 1 fully saturated rings. The normalized spacial score (nSPS) is 17.5. The molecule has 0 aliphatic carbocycles. The van der Waals surface area contributed by atoms with Gasteiger partial charge in [0.15, 0.2) is 0 Å². The highest BCUT2D eigenvalue weighted by Gasteiger charge is 2.19. The Bertz CT molecular complexity index is 427. The van der Waals surface area contributed by atoms with Gasteiger partial charge >= 0.3 is 5.97 Å². The average Bonchev–Trinajstić information content (AvgIpc) is 2.64. The maximum atomic E-state index is 11.2. The van der Waals surface area contributed by atoms with E-state index in [2.05, 4.69) is 5.32 Å². The number of nitrogens with zero attached hydrogens (tertiary/aromatic N) is 1. The molecule has 1 aromatic rings. The van der Waals surface area contributed by atoms with Crippen molar-refractivity contribution in [3.05, 3.63) is 23.7 Å². The van der Waals surface area contributed by atoms with Crippen LogP contribution < -0.4 is 5.32 Å². The zero-order valence-corrected chi connectivity index (χ0v) is 9.31. The molecule has 0 spiro atoms. The Hall–Kier alpha value is -1.82. The van der Waals surface area contributed by atoms with Gasteiger partial charge in [-0.15, -0.1) is 0 Å². The Labute approximate surface area is 98.2 Å². The maximum absolute atomic E-state index is 11.2. The number of furan rings is 1. The van der Waals surface area contributed by atoms with Gasteiger partial charge in [-0.1, -0.05) is 0 Å². The predicted octanol–water partition coefficient (Wildman–Crippen LogP) is 0.300. The van der Waals surface area contributed by atoms with Crippen LogP contribution >= 0.6 is 0 Å². The van der Waals surface area contributed by atoms with Gasteiger partial charge in [-0.05, 0) is 6.07 Å². The quantitative estimate of drug-likeness (QED) is 0.791. The highest BCUT2D eigenvalue weighted by atomic mass is 16.4. The van der Waals surface area contributed by atoms with Crippen LogP contribution in [0.25, 0.3) is 0 Å². The second-order valence-corrected chi connectivity index (χ2v) is 3.94. The number of hydrogen-bond acceptors (Lipinski definition) is 4. The van der Waals surface area contributed by atoms with E-state index in [0.29, 0.717) is 38.4 Å². The van der Waals surface area contributed by atoms with Crippen LogP contribution in [-0.4, -0.2) is 41.5 Å². The number of carbonyl (C=O) groups is 2. The van der Waals surface area contributed by atoms with Crippen LogP contribution in [0.5, 0.6) is 0 Å². The summed E-state index contributed by atoms with van der Waals surface area (Å²) in [6.07, 6.45) is 1.81. The Balaban J connectivity index is 2.02.